The average molecular weight is 223 g/mol. The van der Waals surface area contributed by atoms with Crippen LogP contribution in [0, 0.1) is 5.92 Å². The molecule has 1 aromatic heterocycles. The normalized spacial score (nSPS) is 10.8. The van der Waals surface area contributed by atoms with Crippen LogP contribution in [-0.2, 0) is 13.0 Å². The monoisotopic (exact) mass is 223 g/mol. The summed E-state index contributed by atoms with van der Waals surface area (Å²) in [7, 11) is 0. The summed E-state index contributed by atoms with van der Waals surface area (Å²) in [4.78, 5) is 22.8. The average Bonchev–Trinajstić information content (AvgIpc) is 2.19. The van der Waals surface area contributed by atoms with E-state index in [0.717, 1.165) is 12.1 Å². The number of rotatable bonds is 4. The number of carboxylic acid groups (broad SMARTS) is 1. The summed E-state index contributed by atoms with van der Waals surface area (Å²) >= 11 is 0. The first-order valence-electron chi connectivity index (χ1n) is 5.43. The van der Waals surface area contributed by atoms with Gasteiger partial charge >= 0.3 is 5.97 Å². The molecule has 0 aromatic carbocycles. The van der Waals surface area contributed by atoms with Gasteiger partial charge in [-0.1, -0.05) is 20.8 Å². The number of aromatic carboxylic acids is 1. The van der Waals surface area contributed by atoms with Gasteiger partial charge in [-0.3, -0.25) is 4.79 Å². The molecule has 0 atom stereocenters. The van der Waals surface area contributed by atoms with E-state index in [0.29, 0.717) is 12.5 Å². The molecule has 4 heteroatoms. The number of nitrogens with zero attached hydrogens (tertiary/aromatic N) is 1. The summed E-state index contributed by atoms with van der Waals surface area (Å²) in [6, 6.07) is 3.10. The lowest BCUT2D eigenvalue weighted by atomic mass is 10.1. The second-order valence-electron chi connectivity index (χ2n) is 4.21. The zero-order valence-corrected chi connectivity index (χ0v) is 9.86. The number of aromatic nitrogens is 1. The standard InChI is InChI=1S/C12H17NO3/c1-4-9-5-6-10(12(15)16)11(14)13(9)7-8(2)3/h5-6,8H,4,7H2,1-3H3,(H,15,16). The van der Waals surface area contributed by atoms with Crippen molar-refractivity contribution in [2.24, 2.45) is 5.92 Å². The maximum Gasteiger partial charge on any atom is 0.341 e. The van der Waals surface area contributed by atoms with Crippen molar-refractivity contribution in [3.8, 4) is 0 Å². The molecule has 0 aliphatic rings. The summed E-state index contributed by atoms with van der Waals surface area (Å²) in [5.74, 6) is -0.850. The number of carboxylic acids is 1. The van der Waals surface area contributed by atoms with Gasteiger partial charge in [-0.2, -0.15) is 0 Å². The molecule has 0 amide bonds. The van der Waals surface area contributed by atoms with E-state index in [1.165, 1.54) is 6.07 Å². The van der Waals surface area contributed by atoms with Crippen LogP contribution in [0.25, 0.3) is 0 Å². The molecule has 1 heterocycles. The van der Waals surface area contributed by atoms with E-state index in [2.05, 4.69) is 0 Å². The van der Waals surface area contributed by atoms with Crippen LogP contribution in [0.4, 0.5) is 0 Å². The first kappa shape index (κ1) is 12.5. The Balaban J connectivity index is 3.35. The van der Waals surface area contributed by atoms with Crippen molar-refractivity contribution in [1.82, 2.24) is 4.57 Å². The molecule has 0 bridgehead atoms. The van der Waals surface area contributed by atoms with Crippen LogP contribution in [0.15, 0.2) is 16.9 Å². The molecule has 0 radical (unpaired) electrons. The Kier molecular flexibility index (Phi) is 3.88. The number of aryl methyl sites for hydroxylation is 1. The minimum Gasteiger partial charge on any atom is -0.477 e. The van der Waals surface area contributed by atoms with E-state index in [1.54, 1.807) is 10.6 Å². The molecule has 1 rings (SSSR count). The molecule has 0 saturated heterocycles. The van der Waals surface area contributed by atoms with Crippen LogP contribution in [0.2, 0.25) is 0 Å². The van der Waals surface area contributed by atoms with E-state index >= 15 is 0 Å². The fraction of sp³-hybridized carbons (Fsp3) is 0.500. The van der Waals surface area contributed by atoms with Gasteiger partial charge in [0.25, 0.3) is 5.56 Å². The highest BCUT2D eigenvalue weighted by molar-refractivity contribution is 5.87. The van der Waals surface area contributed by atoms with Crippen molar-refractivity contribution in [3.05, 3.63) is 33.7 Å². The summed E-state index contributed by atoms with van der Waals surface area (Å²) in [5.41, 5.74) is 0.321. The molecule has 0 saturated carbocycles. The highest BCUT2D eigenvalue weighted by atomic mass is 16.4. The third-order valence-corrected chi connectivity index (χ3v) is 2.41. The van der Waals surface area contributed by atoms with Gasteiger partial charge in [0.15, 0.2) is 0 Å². The van der Waals surface area contributed by atoms with Crippen molar-refractivity contribution in [2.75, 3.05) is 0 Å². The van der Waals surface area contributed by atoms with E-state index in [1.807, 2.05) is 20.8 Å². The summed E-state index contributed by atoms with van der Waals surface area (Å²) in [6.45, 7) is 6.51. The molecule has 0 aliphatic heterocycles. The van der Waals surface area contributed by atoms with Gasteiger partial charge in [-0.25, -0.2) is 4.79 Å². The second-order valence-corrected chi connectivity index (χ2v) is 4.21. The highest BCUT2D eigenvalue weighted by Gasteiger charge is 2.13. The lowest BCUT2D eigenvalue weighted by Gasteiger charge is -2.14. The van der Waals surface area contributed by atoms with Crippen LogP contribution in [0.3, 0.4) is 0 Å². The van der Waals surface area contributed by atoms with E-state index in [4.69, 9.17) is 5.11 Å². The molecule has 88 valence electrons. The Morgan fingerprint density at radius 2 is 2.06 bits per heavy atom. The largest absolute Gasteiger partial charge is 0.477 e. The molecular weight excluding hydrogens is 206 g/mol. The molecule has 16 heavy (non-hydrogen) atoms. The van der Waals surface area contributed by atoms with Crippen molar-refractivity contribution in [3.63, 3.8) is 0 Å². The molecule has 1 aromatic rings. The second kappa shape index (κ2) is 4.96. The van der Waals surface area contributed by atoms with Crippen LogP contribution >= 0.6 is 0 Å². The molecule has 0 spiro atoms. The topological polar surface area (TPSA) is 59.3 Å². The fourth-order valence-corrected chi connectivity index (χ4v) is 1.65. The van der Waals surface area contributed by atoms with E-state index < -0.39 is 11.5 Å². The van der Waals surface area contributed by atoms with Gasteiger partial charge in [0, 0.05) is 12.2 Å². The van der Waals surface area contributed by atoms with E-state index in [-0.39, 0.29) is 5.56 Å². The minimum atomic E-state index is -1.16. The molecule has 0 aliphatic carbocycles. The lowest BCUT2D eigenvalue weighted by Crippen LogP contribution is -2.30. The first-order chi connectivity index (χ1) is 7.47. The number of pyridine rings is 1. The van der Waals surface area contributed by atoms with Gasteiger partial charge < -0.3 is 9.67 Å². The van der Waals surface area contributed by atoms with Gasteiger partial charge in [-0.05, 0) is 24.5 Å². The Morgan fingerprint density at radius 1 is 1.44 bits per heavy atom. The van der Waals surface area contributed by atoms with Crippen molar-refractivity contribution in [1.29, 1.82) is 0 Å². The predicted octanol–water partition coefficient (Wildman–Crippen LogP) is 1.76. The zero-order valence-electron chi connectivity index (χ0n) is 9.86. The fourth-order valence-electron chi connectivity index (χ4n) is 1.65. The maximum absolute atomic E-state index is 11.9. The summed E-state index contributed by atoms with van der Waals surface area (Å²) < 4.78 is 1.56. The quantitative estimate of drug-likeness (QED) is 0.846. The summed E-state index contributed by atoms with van der Waals surface area (Å²) in [5, 5.41) is 8.87. The highest BCUT2D eigenvalue weighted by Crippen LogP contribution is 2.05. The maximum atomic E-state index is 11.9. The number of carbonyl (C=O) groups is 1. The predicted molar refractivity (Wildman–Crippen MR) is 61.9 cm³/mol. The number of hydrogen-bond acceptors (Lipinski definition) is 2. The Morgan fingerprint density at radius 3 is 2.50 bits per heavy atom. The molecule has 1 N–H and O–H groups in total. The molecular formula is C12H17NO3. The third kappa shape index (κ3) is 2.51. The van der Waals surface area contributed by atoms with Crippen LogP contribution in [-0.4, -0.2) is 15.6 Å². The SMILES string of the molecule is CCc1ccc(C(=O)O)c(=O)n1CC(C)C. The van der Waals surface area contributed by atoms with Crippen LogP contribution < -0.4 is 5.56 Å². The molecule has 0 unspecified atom stereocenters. The van der Waals surface area contributed by atoms with Gasteiger partial charge in [-0.15, -0.1) is 0 Å². The van der Waals surface area contributed by atoms with Gasteiger partial charge in [0.05, 0.1) is 0 Å². The van der Waals surface area contributed by atoms with Crippen LogP contribution in [0.5, 0.6) is 0 Å². The lowest BCUT2D eigenvalue weighted by molar-refractivity contribution is 0.0694. The third-order valence-electron chi connectivity index (χ3n) is 2.41. The number of hydrogen-bond donors (Lipinski definition) is 1. The minimum absolute atomic E-state index is 0.155. The Hall–Kier alpha value is -1.58. The molecule has 0 fully saturated rings. The zero-order chi connectivity index (χ0) is 12.3. The van der Waals surface area contributed by atoms with Crippen LogP contribution in [0.1, 0.15) is 36.8 Å². The van der Waals surface area contributed by atoms with Gasteiger partial charge in [0.1, 0.15) is 5.56 Å². The molecule has 4 nitrogen and oxygen atoms in total. The summed E-state index contributed by atoms with van der Waals surface area (Å²) in [6.07, 6.45) is 0.724. The van der Waals surface area contributed by atoms with Crippen molar-refractivity contribution in [2.45, 2.75) is 33.7 Å². The smallest absolute Gasteiger partial charge is 0.341 e. The van der Waals surface area contributed by atoms with Gasteiger partial charge in [0.2, 0.25) is 0 Å². The Bertz CT molecular complexity index is 446. The first-order valence-corrected chi connectivity index (χ1v) is 5.43. The Labute approximate surface area is 94.5 Å². The van der Waals surface area contributed by atoms with E-state index in [9.17, 15) is 9.59 Å². The van der Waals surface area contributed by atoms with Crippen molar-refractivity contribution >= 4 is 5.97 Å². The van der Waals surface area contributed by atoms with Crippen molar-refractivity contribution < 1.29 is 9.90 Å².